The minimum Gasteiger partial charge on any atom is -0.329 e. The van der Waals surface area contributed by atoms with Crippen LogP contribution in [0.3, 0.4) is 0 Å². The van der Waals surface area contributed by atoms with Crippen molar-refractivity contribution in [2.75, 3.05) is 6.54 Å². The van der Waals surface area contributed by atoms with E-state index in [1.54, 1.807) is 18.7 Å². The number of nitrogens with two attached hydrogens (primary N) is 1. The van der Waals surface area contributed by atoms with Crippen LogP contribution in [-0.4, -0.2) is 11.3 Å². The lowest BCUT2D eigenvalue weighted by atomic mass is 10.2. The summed E-state index contributed by atoms with van der Waals surface area (Å²) in [6.45, 7) is 2.51. The SMILES string of the molecule is Cc1cc(SC2(CN)CC2)ccc1F. The zero-order chi connectivity index (χ0) is 10.2. The van der Waals surface area contributed by atoms with Gasteiger partial charge in [-0.05, 0) is 43.5 Å². The van der Waals surface area contributed by atoms with Crippen LogP contribution >= 0.6 is 11.8 Å². The van der Waals surface area contributed by atoms with E-state index in [1.165, 1.54) is 18.9 Å². The minimum atomic E-state index is -0.132. The largest absolute Gasteiger partial charge is 0.329 e. The molecule has 0 spiro atoms. The second-order valence-electron chi connectivity index (χ2n) is 3.90. The number of thioether (sulfide) groups is 1. The van der Waals surface area contributed by atoms with Crippen molar-refractivity contribution in [2.45, 2.75) is 29.4 Å². The van der Waals surface area contributed by atoms with Gasteiger partial charge >= 0.3 is 0 Å². The zero-order valence-electron chi connectivity index (χ0n) is 8.22. The van der Waals surface area contributed by atoms with Crippen molar-refractivity contribution >= 4 is 11.8 Å². The number of hydrogen-bond donors (Lipinski definition) is 1. The molecule has 76 valence electrons. The number of aryl methyl sites for hydroxylation is 1. The van der Waals surface area contributed by atoms with E-state index in [2.05, 4.69) is 0 Å². The van der Waals surface area contributed by atoms with Gasteiger partial charge in [-0.15, -0.1) is 11.8 Å². The van der Waals surface area contributed by atoms with Crippen LogP contribution in [0, 0.1) is 12.7 Å². The first-order valence-corrected chi connectivity index (χ1v) is 5.62. The van der Waals surface area contributed by atoms with Crippen LogP contribution in [-0.2, 0) is 0 Å². The lowest BCUT2D eigenvalue weighted by Crippen LogP contribution is -2.17. The van der Waals surface area contributed by atoms with Crippen LogP contribution < -0.4 is 5.73 Å². The lowest BCUT2D eigenvalue weighted by Gasteiger charge is -2.12. The molecule has 0 bridgehead atoms. The summed E-state index contributed by atoms with van der Waals surface area (Å²) in [6.07, 6.45) is 2.37. The average Bonchev–Trinajstić information content (AvgIpc) is 2.93. The van der Waals surface area contributed by atoms with Gasteiger partial charge in [-0.3, -0.25) is 0 Å². The molecule has 0 heterocycles. The Morgan fingerprint density at radius 1 is 1.50 bits per heavy atom. The molecule has 2 rings (SSSR count). The zero-order valence-corrected chi connectivity index (χ0v) is 9.03. The van der Waals surface area contributed by atoms with E-state index in [4.69, 9.17) is 5.73 Å². The summed E-state index contributed by atoms with van der Waals surface area (Å²) in [5.41, 5.74) is 6.40. The van der Waals surface area contributed by atoms with Crippen molar-refractivity contribution in [3.8, 4) is 0 Å². The number of benzene rings is 1. The smallest absolute Gasteiger partial charge is 0.126 e. The van der Waals surface area contributed by atoms with E-state index >= 15 is 0 Å². The standard InChI is InChI=1S/C11H14FNS/c1-8-6-9(2-3-10(8)12)14-11(7-13)4-5-11/h2-3,6H,4-5,7,13H2,1H3. The van der Waals surface area contributed by atoms with Crippen LogP contribution in [0.4, 0.5) is 4.39 Å². The molecule has 0 radical (unpaired) electrons. The summed E-state index contributed by atoms with van der Waals surface area (Å²) in [7, 11) is 0. The summed E-state index contributed by atoms with van der Waals surface area (Å²) in [5, 5.41) is 0. The van der Waals surface area contributed by atoms with Crippen molar-refractivity contribution in [2.24, 2.45) is 5.73 Å². The Balaban J connectivity index is 2.14. The van der Waals surface area contributed by atoms with Gasteiger partial charge in [0.2, 0.25) is 0 Å². The van der Waals surface area contributed by atoms with E-state index in [0.29, 0.717) is 12.1 Å². The molecule has 2 N–H and O–H groups in total. The first kappa shape index (κ1) is 9.99. The molecule has 3 heteroatoms. The van der Waals surface area contributed by atoms with Crippen LogP contribution in [0.1, 0.15) is 18.4 Å². The fourth-order valence-electron chi connectivity index (χ4n) is 1.42. The lowest BCUT2D eigenvalue weighted by molar-refractivity contribution is 0.617. The highest BCUT2D eigenvalue weighted by Gasteiger charge is 2.42. The van der Waals surface area contributed by atoms with E-state index in [0.717, 1.165) is 4.90 Å². The molecule has 0 atom stereocenters. The normalized spacial score (nSPS) is 18.2. The molecule has 1 saturated carbocycles. The Morgan fingerprint density at radius 3 is 2.71 bits per heavy atom. The highest BCUT2D eigenvalue weighted by molar-refractivity contribution is 8.01. The molecular weight excluding hydrogens is 197 g/mol. The molecule has 1 aliphatic carbocycles. The molecule has 1 fully saturated rings. The van der Waals surface area contributed by atoms with Crippen LogP contribution in [0.5, 0.6) is 0 Å². The van der Waals surface area contributed by atoms with E-state index in [9.17, 15) is 4.39 Å². The third-order valence-corrected chi connectivity index (χ3v) is 4.14. The van der Waals surface area contributed by atoms with Gasteiger partial charge in [0, 0.05) is 16.2 Å². The third kappa shape index (κ3) is 1.93. The number of halogens is 1. The molecule has 1 nitrogen and oxygen atoms in total. The molecule has 1 aromatic carbocycles. The number of rotatable bonds is 3. The fourth-order valence-corrected chi connectivity index (χ4v) is 2.68. The van der Waals surface area contributed by atoms with Gasteiger partial charge < -0.3 is 5.73 Å². The molecule has 14 heavy (non-hydrogen) atoms. The predicted molar refractivity (Wildman–Crippen MR) is 58.0 cm³/mol. The molecule has 1 aromatic rings. The van der Waals surface area contributed by atoms with Crippen LogP contribution in [0.15, 0.2) is 23.1 Å². The average molecular weight is 211 g/mol. The van der Waals surface area contributed by atoms with E-state index in [-0.39, 0.29) is 10.6 Å². The predicted octanol–water partition coefficient (Wildman–Crippen LogP) is 2.72. The van der Waals surface area contributed by atoms with Crippen LogP contribution in [0.2, 0.25) is 0 Å². The molecule has 0 unspecified atom stereocenters. The second-order valence-corrected chi connectivity index (χ2v) is 5.44. The topological polar surface area (TPSA) is 26.0 Å². The Hall–Kier alpha value is -0.540. The Labute approximate surface area is 87.9 Å². The van der Waals surface area contributed by atoms with Crippen molar-refractivity contribution in [3.63, 3.8) is 0 Å². The second kappa shape index (κ2) is 3.55. The molecule has 1 aliphatic rings. The van der Waals surface area contributed by atoms with Crippen LogP contribution in [0.25, 0.3) is 0 Å². The van der Waals surface area contributed by atoms with Crippen molar-refractivity contribution < 1.29 is 4.39 Å². The maximum absolute atomic E-state index is 13.0. The Bertz CT molecular complexity index is 347. The number of hydrogen-bond acceptors (Lipinski definition) is 2. The highest BCUT2D eigenvalue weighted by Crippen LogP contribution is 2.50. The monoisotopic (exact) mass is 211 g/mol. The van der Waals surface area contributed by atoms with E-state index < -0.39 is 0 Å². The molecule has 0 aromatic heterocycles. The Kier molecular flexibility index (Phi) is 2.54. The highest BCUT2D eigenvalue weighted by atomic mass is 32.2. The summed E-state index contributed by atoms with van der Waals surface area (Å²) in [4.78, 5) is 1.13. The quantitative estimate of drug-likeness (QED) is 0.832. The van der Waals surface area contributed by atoms with Gasteiger partial charge in [-0.2, -0.15) is 0 Å². The molecular formula is C11H14FNS. The molecule has 0 amide bonds. The maximum atomic E-state index is 13.0. The first-order valence-electron chi connectivity index (χ1n) is 4.80. The third-order valence-electron chi connectivity index (χ3n) is 2.64. The van der Waals surface area contributed by atoms with Gasteiger partial charge in [0.15, 0.2) is 0 Å². The van der Waals surface area contributed by atoms with Crippen molar-refractivity contribution in [1.82, 2.24) is 0 Å². The molecule has 0 aliphatic heterocycles. The fraction of sp³-hybridized carbons (Fsp3) is 0.455. The first-order chi connectivity index (χ1) is 6.65. The van der Waals surface area contributed by atoms with Crippen molar-refractivity contribution in [3.05, 3.63) is 29.6 Å². The van der Waals surface area contributed by atoms with Gasteiger partial charge in [-0.25, -0.2) is 4.39 Å². The van der Waals surface area contributed by atoms with Gasteiger partial charge in [-0.1, -0.05) is 0 Å². The summed E-state index contributed by atoms with van der Waals surface area (Å²) in [6, 6.07) is 5.27. The summed E-state index contributed by atoms with van der Waals surface area (Å²) < 4.78 is 13.2. The molecule has 0 saturated heterocycles. The summed E-state index contributed by atoms with van der Waals surface area (Å²) >= 11 is 1.79. The summed E-state index contributed by atoms with van der Waals surface area (Å²) in [5.74, 6) is -0.132. The van der Waals surface area contributed by atoms with Gasteiger partial charge in [0.25, 0.3) is 0 Å². The van der Waals surface area contributed by atoms with E-state index in [1.807, 2.05) is 12.1 Å². The van der Waals surface area contributed by atoms with Gasteiger partial charge in [0.05, 0.1) is 0 Å². The minimum absolute atomic E-state index is 0.132. The maximum Gasteiger partial charge on any atom is 0.126 e. The van der Waals surface area contributed by atoms with Crippen molar-refractivity contribution in [1.29, 1.82) is 0 Å². The van der Waals surface area contributed by atoms with Gasteiger partial charge in [0.1, 0.15) is 5.82 Å². The Morgan fingerprint density at radius 2 is 2.21 bits per heavy atom.